The van der Waals surface area contributed by atoms with Crippen molar-refractivity contribution in [1.29, 1.82) is 5.26 Å². The Hall–Kier alpha value is -2.97. The summed E-state index contributed by atoms with van der Waals surface area (Å²) in [5.74, 6) is 1.05. The average Bonchev–Trinajstić information content (AvgIpc) is 3.29. The number of aromatic amines is 1. The average molecular weight is 500 g/mol. The second kappa shape index (κ2) is 13.0. The smallest absolute Gasteiger partial charge is 0.0667 e. The molecule has 2 aromatic rings. The molecule has 0 radical (unpaired) electrons. The van der Waals surface area contributed by atoms with Gasteiger partial charge in [-0.2, -0.15) is 5.26 Å². The van der Waals surface area contributed by atoms with E-state index in [0.29, 0.717) is 18.3 Å². The number of aromatic nitrogens is 1. The van der Waals surface area contributed by atoms with Gasteiger partial charge in [-0.15, -0.1) is 0 Å². The van der Waals surface area contributed by atoms with E-state index in [1.54, 1.807) is 6.20 Å². The number of rotatable bonds is 12. The van der Waals surface area contributed by atoms with Crippen LogP contribution in [0.1, 0.15) is 94.4 Å². The van der Waals surface area contributed by atoms with E-state index in [1.165, 1.54) is 103 Å². The van der Waals surface area contributed by atoms with Crippen molar-refractivity contribution in [3.63, 3.8) is 0 Å². The lowest BCUT2D eigenvalue weighted by molar-refractivity contribution is 0.208. The Balaban J connectivity index is 1.43. The van der Waals surface area contributed by atoms with Crippen LogP contribution in [0.15, 0.2) is 48.3 Å². The van der Waals surface area contributed by atoms with E-state index in [4.69, 9.17) is 0 Å². The van der Waals surface area contributed by atoms with Crippen molar-refractivity contribution >= 4 is 16.5 Å². The SMILES string of the molecule is C=CNCCCCCCN1CCC(c2ccc3[nH]c(C4=CNCC(CC#N)=C4C)c(C(C)C)c3c2)CC1. The molecule has 198 valence electrons. The number of fused-ring (bicyclic) bond motifs is 1. The molecule has 2 aliphatic rings. The first kappa shape index (κ1) is 27.1. The molecule has 0 unspecified atom stereocenters. The molecular weight excluding hydrogens is 454 g/mol. The molecule has 4 rings (SSSR count). The number of hydrogen-bond acceptors (Lipinski definition) is 4. The Morgan fingerprint density at radius 2 is 1.97 bits per heavy atom. The van der Waals surface area contributed by atoms with E-state index >= 15 is 0 Å². The van der Waals surface area contributed by atoms with Crippen LogP contribution in [0.2, 0.25) is 0 Å². The lowest BCUT2D eigenvalue weighted by atomic mass is 9.86. The van der Waals surface area contributed by atoms with Crippen LogP contribution in [0, 0.1) is 11.3 Å². The predicted molar refractivity (Wildman–Crippen MR) is 156 cm³/mol. The van der Waals surface area contributed by atoms with Crippen LogP contribution in [0.25, 0.3) is 16.5 Å². The minimum Gasteiger partial charge on any atom is -0.391 e. The fraction of sp³-hybridized carbons (Fsp3) is 0.531. The number of H-pyrrole nitrogens is 1. The summed E-state index contributed by atoms with van der Waals surface area (Å²) < 4.78 is 0. The van der Waals surface area contributed by atoms with Gasteiger partial charge in [-0.1, -0.05) is 39.3 Å². The number of piperidine rings is 1. The highest BCUT2D eigenvalue weighted by Gasteiger charge is 2.24. The summed E-state index contributed by atoms with van der Waals surface area (Å²) in [5, 5.41) is 17.2. The Morgan fingerprint density at radius 3 is 2.70 bits per heavy atom. The third kappa shape index (κ3) is 6.48. The van der Waals surface area contributed by atoms with Crippen LogP contribution in [-0.2, 0) is 0 Å². The fourth-order valence-electron chi connectivity index (χ4n) is 6.06. The van der Waals surface area contributed by atoms with Gasteiger partial charge in [0.05, 0.1) is 18.2 Å². The third-order valence-corrected chi connectivity index (χ3v) is 8.25. The van der Waals surface area contributed by atoms with Crippen LogP contribution in [-0.4, -0.2) is 42.6 Å². The summed E-state index contributed by atoms with van der Waals surface area (Å²) in [4.78, 5) is 6.42. The van der Waals surface area contributed by atoms with E-state index in [-0.39, 0.29) is 0 Å². The maximum atomic E-state index is 9.26. The molecule has 0 amide bonds. The topological polar surface area (TPSA) is 66.9 Å². The van der Waals surface area contributed by atoms with Crippen molar-refractivity contribution in [2.24, 2.45) is 0 Å². The zero-order chi connectivity index (χ0) is 26.2. The lowest BCUT2D eigenvalue weighted by Crippen LogP contribution is -2.33. The maximum Gasteiger partial charge on any atom is 0.0667 e. The first-order chi connectivity index (χ1) is 18.0. The quantitative estimate of drug-likeness (QED) is 0.277. The van der Waals surface area contributed by atoms with Gasteiger partial charge in [0.1, 0.15) is 0 Å². The summed E-state index contributed by atoms with van der Waals surface area (Å²) in [6.45, 7) is 15.9. The molecule has 3 N–H and O–H groups in total. The van der Waals surface area contributed by atoms with E-state index in [0.717, 1.165) is 13.1 Å². The molecule has 1 saturated heterocycles. The van der Waals surface area contributed by atoms with Gasteiger partial charge in [-0.05, 0) is 105 Å². The Bertz CT molecular complexity index is 1170. The number of dihydropyridines is 1. The first-order valence-electron chi connectivity index (χ1n) is 14.3. The second-order valence-corrected chi connectivity index (χ2v) is 11.1. The molecule has 3 heterocycles. The first-order valence-corrected chi connectivity index (χ1v) is 14.3. The van der Waals surface area contributed by atoms with Crippen LogP contribution in [0.3, 0.4) is 0 Å². The molecule has 1 fully saturated rings. The summed E-state index contributed by atoms with van der Waals surface area (Å²) >= 11 is 0. The van der Waals surface area contributed by atoms with Crippen molar-refractivity contribution in [3.05, 3.63) is 65.1 Å². The molecule has 1 aromatic heterocycles. The molecule has 2 aliphatic heterocycles. The molecule has 0 atom stereocenters. The molecule has 5 heteroatoms. The Morgan fingerprint density at radius 1 is 1.19 bits per heavy atom. The van der Waals surface area contributed by atoms with Crippen LogP contribution in [0.5, 0.6) is 0 Å². The van der Waals surface area contributed by atoms with Crippen molar-refractivity contribution in [2.45, 2.75) is 77.6 Å². The predicted octanol–water partition coefficient (Wildman–Crippen LogP) is 6.94. The summed E-state index contributed by atoms with van der Waals surface area (Å²) in [6, 6.07) is 9.44. The van der Waals surface area contributed by atoms with Crippen molar-refractivity contribution in [3.8, 4) is 6.07 Å². The maximum absolute atomic E-state index is 9.26. The summed E-state index contributed by atoms with van der Waals surface area (Å²) in [7, 11) is 0. The van der Waals surface area contributed by atoms with Gasteiger partial charge in [0.25, 0.3) is 0 Å². The fourth-order valence-corrected chi connectivity index (χ4v) is 6.06. The largest absolute Gasteiger partial charge is 0.391 e. The third-order valence-electron chi connectivity index (χ3n) is 8.25. The van der Waals surface area contributed by atoms with Gasteiger partial charge in [0.2, 0.25) is 0 Å². The number of benzene rings is 1. The van der Waals surface area contributed by atoms with Crippen molar-refractivity contribution in [1.82, 2.24) is 20.5 Å². The van der Waals surface area contributed by atoms with Crippen LogP contribution < -0.4 is 10.6 Å². The molecule has 37 heavy (non-hydrogen) atoms. The van der Waals surface area contributed by atoms with E-state index in [2.05, 4.69) is 78.3 Å². The standard InChI is InChI=1S/C32H45N5/c1-5-34-16-8-6-7-9-17-37-18-13-25(14-19-37)26-10-11-30-28(20-26)31(23(2)3)32(36-30)29-22-35-21-27(12-15-33)24(29)4/h5,10-11,20,22-23,25,34-36H,1,6-9,12-14,16-19,21H2,2-4H3. The lowest BCUT2D eigenvalue weighted by Gasteiger charge is -2.32. The number of nitrogens with zero attached hydrogens (tertiary/aromatic N) is 2. The number of unbranched alkanes of at least 4 members (excludes halogenated alkanes) is 3. The highest BCUT2D eigenvalue weighted by Crippen LogP contribution is 2.39. The van der Waals surface area contributed by atoms with Gasteiger partial charge < -0.3 is 20.5 Å². The number of nitriles is 1. The molecule has 0 aliphatic carbocycles. The highest BCUT2D eigenvalue weighted by atomic mass is 15.1. The van der Waals surface area contributed by atoms with E-state index in [9.17, 15) is 5.26 Å². The Labute approximate surface area is 223 Å². The second-order valence-electron chi connectivity index (χ2n) is 11.1. The van der Waals surface area contributed by atoms with Gasteiger partial charge in [0.15, 0.2) is 0 Å². The zero-order valence-corrected chi connectivity index (χ0v) is 23.1. The molecular formula is C32H45N5. The minimum atomic E-state index is 0.406. The van der Waals surface area contributed by atoms with Gasteiger partial charge in [-0.25, -0.2) is 0 Å². The van der Waals surface area contributed by atoms with Gasteiger partial charge in [0, 0.05) is 35.8 Å². The highest BCUT2D eigenvalue weighted by molar-refractivity contribution is 5.93. The van der Waals surface area contributed by atoms with Crippen molar-refractivity contribution < 1.29 is 0 Å². The minimum absolute atomic E-state index is 0.406. The molecule has 0 spiro atoms. The summed E-state index contributed by atoms with van der Waals surface area (Å²) in [6.07, 6.45) is 12.1. The molecule has 5 nitrogen and oxygen atoms in total. The molecule has 0 saturated carbocycles. The zero-order valence-electron chi connectivity index (χ0n) is 23.1. The summed E-state index contributed by atoms with van der Waals surface area (Å²) in [5.41, 5.74) is 8.91. The number of nitrogens with one attached hydrogen (secondary N) is 3. The molecule has 1 aromatic carbocycles. The van der Waals surface area contributed by atoms with Gasteiger partial charge in [-0.3, -0.25) is 0 Å². The number of hydrogen-bond donors (Lipinski definition) is 3. The monoisotopic (exact) mass is 499 g/mol. The Kier molecular flexibility index (Phi) is 9.52. The van der Waals surface area contributed by atoms with Gasteiger partial charge >= 0.3 is 0 Å². The number of likely N-dealkylation sites (tertiary alicyclic amines) is 1. The van der Waals surface area contributed by atoms with Crippen molar-refractivity contribution in [2.75, 3.05) is 32.7 Å². The van der Waals surface area contributed by atoms with Crippen LogP contribution in [0.4, 0.5) is 0 Å². The van der Waals surface area contributed by atoms with E-state index < -0.39 is 0 Å². The number of allylic oxidation sites excluding steroid dienone is 2. The normalized spacial score (nSPS) is 17.1. The van der Waals surface area contributed by atoms with E-state index in [1.807, 2.05) is 0 Å². The van der Waals surface area contributed by atoms with Crippen LogP contribution >= 0.6 is 0 Å². The molecule has 0 bridgehead atoms.